The normalized spacial score (nSPS) is 14.5. The molecule has 2 aromatic carbocycles. The van der Waals surface area contributed by atoms with Crippen molar-refractivity contribution in [3.63, 3.8) is 0 Å². The number of nitrogens with one attached hydrogen (secondary N) is 1. The van der Waals surface area contributed by atoms with Gasteiger partial charge in [0.1, 0.15) is 11.4 Å². The van der Waals surface area contributed by atoms with Crippen LogP contribution < -0.4 is 5.32 Å². The van der Waals surface area contributed by atoms with Gasteiger partial charge in [0, 0.05) is 45.0 Å². The van der Waals surface area contributed by atoms with Crippen LogP contribution in [0, 0.1) is 5.82 Å². The van der Waals surface area contributed by atoms with E-state index in [4.69, 9.17) is 19.8 Å². The van der Waals surface area contributed by atoms with Crippen LogP contribution in [0.4, 0.5) is 10.1 Å². The Morgan fingerprint density at radius 3 is 2.03 bits per heavy atom. The molecule has 1 amide bonds. The first kappa shape index (κ1) is 26.6. The van der Waals surface area contributed by atoms with Crippen molar-refractivity contribution in [3.05, 3.63) is 66.0 Å². The lowest BCUT2D eigenvalue weighted by Gasteiger charge is -2.43. The van der Waals surface area contributed by atoms with E-state index < -0.39 is 5.54 Å². The minimum Gasteiger partial charge on any atom is -0.483 e. The summed E-state index contributed by atoms with van der Waals surface area (Å²) >= 11 is 0. The third kappa shape index (κ3) is 7.99. The van der Waals surface area contributed by atoms with Gasteiger partial charge >= 0.3 is 0 Å². The standard InChI is InChI=1S/C21H26FN3O.2CH2O2/c1-24(2)20(26)21(23-18-9-4-3-5-10-18)12-14-25(15-13-21)16-17-8-6-7-11-19(17)22;2*2-1-3/h3-11,23H,12-16H2,1-2H3;2*1H,(H,2,3). The maximum absolute atomic E-state index is 13.9. The molecule has 32 heavy (non-hydrogen) atoms. The second-order valence-corrected chi connectivity index (χ2v) is 7.35. The first-order valence-electron chi connectivity index (χ1n) is 10.00. The zero-order valence-corrected chi connectivity index (χ0v) is 18.3. The van der Waals surface area contributed by atoms with E-state index in [2.05, 4.69) is 10.2 Å². The summed E-state index contributed by atoms with van der Waals surface area (Å²) in [7, 11) is 3.59. The zero-order chi connectivity index (χ0) is 24.0. The van der Waals surface area contributed by atoms with Crippen LogP contribution in [-0.4, -0.2) is 71.6 Å². The predicted octanol–water partition coefficient (Wildman–Crippen LogP) is 2.76. The number of amides is 1. The SMILES string of the molecule is CN(C)C(=O)C1(Nc2ccccc2)CCN(Cc2ccccc2F)CC1.O=CO.O=CO. The van der Waals surface area contributed by atoms with Crippen molar-refractivity contribution in [2.75, 3.05) is 32.5 Å². The van der Waals surface area contributed by atoms with Crippen LogP contribution in [0.2, 0.25) is 0 Å². The van der Waals surface area contributed by atoms with Crippen LogP contribution in [0.3, 0.4) is 0 Å². The van der Waals surface area contributed by atoms with Crippen molar-refractivity contribution < 1.29 is 29.0 Å². The van der Waals surface area contributed by atoms with E-state index in [0.717, 1.165) is 18.8 Å². The summed E-state index contributed by atoms with van der Waals surface area (Å²) in [5.74, 6) is -0.0805. The van der Waals surface area contributed by atoms with Gasteiger partial charge in [0.05, 0.1) is 0 Å². The number of rotatable bonds is 5. The lowest BCUT2D eigenvalue weighted by Crippen LogP contribution is -2.57. The number of anilines is 1. The molecule has 3 N–H and O–H groups in total. The molecule has 0 unspecified atom stereocenters. The van der Waals surface area contributed by atoms with Gasteiger partial charge in [-0.1, -0.05) is 36.4 Å². The van der Waals surface area contributed by atoms with Crippen molar-refractivity contribution >= 4 is 24.5 Å². The third-order valence-electron chi connectivity index (χ3n) is 5.03. The van der Waals surface area contributed by atoms with E-state index in [1.807, 2.05) is 42.5 Å². The molecule has 0 spiro atoms. The molecule has 1 saturated heterocycles. The van der Waals surface area contributed by atoms with Crippen LogP contribution >= 0.6 is 0 Å². The topological polar surface area (TPSA) is 110 Å². The molecule has 0 aliphatic carbocycles. The van der Waals surface area contributed by atoms with Gasteiger partial charge in [-0.05, 0) is 31.0 Å². The molecule has 0 bridgehead atoms. The Balaban J connectivity index is 0.000000769. The number of benzene rings is 2. The molecule has 0 radical (unpaired) electrons. The molecule has 3 rings (SSSR count). The predicted molar refractivity (Wildman–Crippen MR) is 120 cm³/mol. The summed E-state index contributed by atoms with van der Waals surface area (Å²) in [6.45, 7) is 1.56. The van der Waals surface area contributed by atoms with Gasteiger partial charge in [-0.3, -0.25) is 19.3 Å². The largest absolute Gasteiger partial charge is 0.483 e. The smallest absolute Gasteiger partial charge is 0.290 e. The number of hydrogen-bond acceptors (Lipinski definition) is 5. The summed E-state index contributed by atoms with van der Waals surface area (Å²) < 4.78 is 13.9. The highest BCUT2D eigenvalue weighted by Gasteiger charge is 2.42. The summed E-state index contributed by atoms with van der Waals surface area (Å²) in [6, 6.07) is 16.7. The fraction of sp³-hybridized carbons (Fsp3) is 0.348. The number of carbonyl (C=O) groups is 3. The van der Waals surface area contributed by atoms with Gasteiger partial charge in [-0.15, -0.1) is 0 Å². The molecule has 1 aliphatic rings. The van der Waals surface area contributed by atoms with Gasteiger partial charge in [0.15, 0.2) is 0 Å². The average molecular weight is 448 g/mol. The van der Waals surface area contributed by atoms with Crippen LogP contribution in [0.15, 0.2) is 54.6 Å². The highest BCUT2D eigenvalue weighted by Crippen LogP contribution is 2.29. The fourth-order valence-corrected chi connectivity index (χ4v) is 3.58. The molecule has 8 nitrogen and oxygen atoms in total. The Hall–Kier alpha value is -3.46. The number of halogens is 1. The summed E-state index contributed by atoms with van der Waals surface area (Å²) in [4.78, 5) is 33.5. The molecule has 9 heteroatoms. The van der Waals surface area contributed by atoms with E-state index >= 15 is 0 Å². The maximum Gasteiger partial charge on any atom is 0.290 e. The molecule has 1 fully saturated rings. The van der Waals surface area contributed by atoms with E-state index in [1.165, 1.54) is 6.07 Å². The lowest BCUT2D eigenvalue weighted by molar-refractivity contribution is -0.135. The Bertz CT molecular complexity index is 835. The Morgan fingerprint density at radius 1 is 1.03 bits per heavy atom. The first-order valence-corrected chi connectivity index (χ1v) is 10.00. The van der Waals surface area contributed by atoms with E-state index in [9.17, 15) is 9.18 Å². The Kier molecular flexibility index (Phi) is 11.4. The number of para-hydroxylation sites is 1. The highest BCUT2D eigenvalue weighted by atomic mass is 19.1. The van der Waals surface area contributed by atoms with Crippen molar-refractivity contribution in [1.82, 2.24) is 9.80 Å². The molecule has 1 heterocycles. The monoisotopic (exact) mass is 447 g/mol. The Labute approximate surface area is 187 Å². The summed E-state index contributed by atoms with van der Waals surface area (Å²) in [5.41, 5.74) is 1.04. The van der Waals surface area contributed by atoms with Crippen LogP contribution in [0.25, 0.3) is 0 Å². The maximum atomic E-state index is 13.9. The average Bonchev–Trinajstić information content (AvgIpc) is 2.78. The molecule has 0 atom stereocenters. The first-order chi connectivity index (χ1) is 15.3. The highest BCUT2D eigenvalue weighted by molar-refractivity contribution is 5.89. The van der Waals surface area contributed by atoms with Gasteiger partial charge in [0.2, 0.25) is 5.91 Å². The van der Waals surface area contributed by atoms with Gasteiger partial charge < -0.3 is 20.4 Å². The number of likely N-dealkylation sites (tertiary alicyclic amines) is 1. The van der Waals surface area contributed by atoms with Gasteiger partial charge in [-0.25, -0.2) is 4.39 Å². The van der Waals surface area contributed by atoms with E-state index in [1.54, 1.807) is 25.1 Å². The number of hydrogen-bond donors (Lipinski definition) is 3. The van der Waals surface area contributed by atoms with Crippen molar-refractivity contribution in [2.24, 2.45) is 0 Å². The van der Waals surface area contributed by atoms with Crippen LogP contribution in [0.5, 0.6) is 0 Å². The van der Waals surface area contributed by atoms with E-state index in [0.29, 0.717) is 24.9 Å². The number of carboxylic acid groups (broad SMARTS) is 2. The Morgan fingerprint density at radius 2 is 1.53 bits per heavy atom. The van der Waals surface area contributed by atoms with Crippen molar-refractivity contribution in [3.8, 4) is 0 Å². The van der Waals surface area contributed by atoms with Crippen LogP contribution in [0.1, 0.15) is 18.4 Å². The molecule has 0 aromatic heterocycles. The number of carbonyl (C=O) groups excluding carboxylic acids is 1. The summed E-state index contributed by atoms with van der Waals surface area (Å²) in [5, 5.41) is 17.3. The molecule has 1 aliphatic heterocycles. The lowest BCUT2D eigenvalue weighted by atomic mass is 9.85. The fourth-order valence-electron chi connectivity index (χ4n) is 3.58. The zero-order valence-electron chi connectivity index (χ0n) is 18.3. The van der Waals surface area contributed by atoms with Gasteiger partial charge in [-0.2, -0.15) is 0 Å². The van der Waals surface area contributed by atoms with Crippen LogP contribution in [-0.2, 0) is 20.9 Å². The minimum atomic E-state index is -0.614. The summed E-state index contributed by atoms with van der Waals surface area (Å²) in [6.07, 6.45) is 1.38. The number of likely N-dealkylation sites (N-methyl/N-ethyl adjacent to an activating group) is 1. The molecule has 0 saturated carbocycles. The minimum absolute atomic E-state index is 0.0897. The van der Waals surface area contributed by atoms with Crippen molar-refractivity contribution in [1.29, 1.82) is 0 Å². The second kappa shape index (κ2) is 13.8. The van der Waals surface area contributed by atoms with Crippen molar-refractivity contribution in [2.45, 2.75) is 24.9 Å². The molecule has 174 valence electrons. The quantitative estimate of drug-likeness (QED) is 0.605. The molecular formula is C23H30FN3O5. The second-order valence-electron chi connectivity index (χ2n) is 7.35. The van der Waals surface area contributed by atoms with E-state index in [-0.39, 0.29) is 24.7 Å². The number of piperidine rings is 1. The third-order valence-corrected chi connectivity index (χ3v) is 5.03. The number of nitrogens with zero attached hydrogens (tertiary/aromatic N) is 2. The molecule has 2 aromatic rings. The van der Waals surface area contributed by atoms with Gasteiger partial charge in [0.25, 0.3) is 12.9 Å². The molecular weight excluding hydrogens is 417 g/mol.